The summed E-state index contributed by atoms with van der Waals surface area (Å²) in [5.41, 5.74) is 0. The van der Waals surface area contributed by atoms with E-state index >= 15 is 0 Å². The van der Waals surface area contributed by atoms with E-state index in [1.54, 1.807) is 13.4 Å². The van der Waals surface area contributed by atoms with E-state index in [0.717, 1.165) is 24.1 Å². The summed E-state index contributed by atoms with van der Waals surface area (Å²) in [6.07, 6.45) is 6.88. The SMILES string of the molecule is CCNc1ncnc(NC(C)C2CCCC2)c1OC. The highest BCUT2D eigenvalue weighted by Gasteiger charge is 2.23. The number of ether oxygens (including phenoxy) is 1. The fourth-order valence-electron chi connectivity index (χ4n) is 2.75. The van der Waals surface area contributed by atoms with E-state index in [9.17, 15) is 0 Å². The molecule has 1 aromatic rings. The van der Waals surface area contributed by atoms with Crippen molar-refractivity contribution in [2.45, 2.75) is 45.6 Å². The van der Waals surface area contributed by atoms with Crippen LogP contribution in [0, 0.1) is 5.92 Å². The molecular formula is C14H24N4O. The minimum absolute atomic E-state index is 0.417. The van der Waals surface area contributed by atoms with Crippen LogP contribution < -0.4 is 15.4 Å². The smallest absolute Gasteiger partial charge is 0.204 e. The maximum atomic E-state index is 5.44. The molecule has 5 heteroatoms. The molecule has 1 fully saturated rings. The van der Waals surface area contributed by atoms with Crippen LogP contribution in [0.25, 0.3) is 0 Å². The number of hydrogen-bond donors (Lipinski definition) is 2. The Bertz CT molecular complexity index is 404. The van der Waals surface area contributed by atoms with Crippen LogP contribution in [0.15, 0.2) is 6.33 Å². The molecule has 0 bridgehead atoms. The topological polar surface area (TPSA) is 59.1 Å². The second kappa shape index (κ2) is 6.59. The first-order valence-corrected chi connectivity index (χ1v) is 7.15. The number of aromatic nitrogens is 2. The van der Waals surface area contributed by atoms with E-state index in [2.05, 4.69) is 27.5 Å². The highest BCUT2D eigenvalue weighted by atomic mass is 16.5. The lowest BCUT2D eigenvalue weighted by atomic mass is 10.00. The van der Waals surface area contributed by atoms with Gasteiger partial charge in [0.2, 0.25) is 5.75 Å². The van der Waals surface area contributed by atoms with E-state index in [0.29, 0.717) is 11.8 Å². The molecule has 5 nitrogen and oxygen atoms in total. The number of nitrogens with zero attached hydrogens (tertiary/aromatic N) is 2. The molecule has 0 aromatic carbocycles. The molecule has 1 aromatic heterocycles. The largest absolute Gasteiger partial charge is 0.490 e. The quantitative estimate of drug-likeness (QED) is 0.827. The lowest BCUT2D eigenvalue weighted by Gasteiger charge is -2.22. The molecular weight excluding hydrogens is 240 g/mol. The minimum atomic E-state index is 0.417. The minimum Gasteiger partial charge on any atom is -0.490 e. The van der Waals surface area contributed by atoms with Gasteiger partial charge >= 0.3 is 0 Å². The van der Waals surface area contributed by atoms with Gasteiger partial charge < -0.3 is 15.4 Å². The molecule has 0 radical (unpaired) electrons. The summed E-state index contributed by atoms with van der Waals surface area (Å²) < 4.78 is 5.44. The third-order valence-corrected chi connectivity index (χ3v) is 3.82. The summed E-state index contributed by atoms with van der Waals surface area (Å²) >= 11 is 0. The first-order chi connectivity index (χ1) is 9.26. The van der Waals surface area contributed by atoms with Crippen molar-refractivity contribution in [1.82, 2.24) is 9.97 Å². The molecule has 0 saturated heterocycles. The van der Waals surface area contributed by atoms with Crippen LogP contribution in [0.4, 0.5) is 11.6 Å². The van der Waals surface area contributed by atoms with Crippen LogP contribution in [0.5, 0.6) is 5.75 Å². The zero-order valence-corrected chi connectivity index (χ0v) is 12.1. The summed E-state index contributed by atoms with van der Waals surface area (Å²) in [7, 11) is 1.66. The zero-order chi connectivity index (χ0) is 13.7. The standard InChI is InChI=1S/C14H24N4O/c1-4-15-13-12(19-3)14(17-9-16-13)18-10(2)11-7-5-6-8-11/h9-11H,4-8H2,1-3H3,(H2,15,16,17,18). The Morgan fingerprint density at radius 2 is 2.00 bits per heavy atom. The van der Waals surface area contributed by atoms with Gasteiger partial charge in [0.25, 0.3) is 0 Å². The highest BCUT2D eigenvalue weighted by Crippen LogP contribution is 2.33. The van der Waals surface area contributed by atoms with Gasteiger partial charge in [0.05, 0.1) is 7.11 Å². The molecule has 2 rings (SSSR count). The van der Waals surface area contributed by atoms with E-state index in [1.807, 2.05) is 6.92 Å². The number of anilines is 2. The number of nitrogens with one attached hydrogen (secondary N) is 2. The summed E-state index contributed by atoms with van der Waals surface area (Å²) in [6.45, 7) is 5.07. The average Bonchev–Trinajstić information content (AvgIpc) is 2.93. The number of rotatable bonds is 6. The number of methoxy groups -OCH3 is 1. The van der Waals surface area contributed by atoms with Gasteiger partial charge in [-0.25, -0.2) is 9.97 Å². The fourth-order valence-corrected chi connectivity index (χ4v) is 2.75. The Balaban J connectivity index is 2.12. The lowest BCUT2D eigenvalue weighted by molar-refractivity contribution is 0.411. The Morgan fingerprint density at radius 1 is 1.32 bits per heavy atom. The van der Waals surface area contributed by atoms with Gasteiger partial charge in [0.1, 0.15) is 6.33 Å². The molecule has 0 spiro atoms. The van der Waals surface area contributed by atoms with Crippen molar-refractivity contribution in [2.75, 3.05) is 24.3 Å². The fraction of sp³-hybridized carbons (Fsp3) is 0.714. The third-order valence-electron chi connectivity index (χ3n) is 3.82. The van der Waals surface area contributed by atoms with Gasteiger partial charge in [-0.15, -0.1) is 0 Å². The molecule has 1 unspecified atom stereocenters. The van der Waals surface area contributed by atoms with Crippen LogP contribution >= 0.6 is 0 Å². The van der Waals surface area contributed by atoms with Crippen molar-refractivity contribution >= 4 is 11.6 Å². The molecule has 0 amide bonds. The van der Waals surface area contributed by atoms with Gasteiger partial charge in [-0.2, -0.15) is 0 Å². The van der Waals surface area contributed by atoms with Crippen LogP contribution in [0.3, 0.4) is 0 Å². The predicted octanol–water partition coefficient (Wildman–Crippen LogP) is 2.91. The molecule has 2 N–H and O–H groups in total. The van der Waals surface area contributed by atoms with Crippen LogP contribution in [-0.2, 0) is 0 Å². The predicted molar refractivity (Wildman–Crippen MR) is 77.8 cm³/mol. The van der Waals surface area contributed by atoms with Gasteiger partial charge in [-0.1, -0.05) is 12.8 Å². The molecule has 1 heterocycles. The Labute approximate surface area is 115 Å². The van der Waals surface area contributed by atoms with Gasteiger partial charge in [-0.05, 0) is 32.6 Å². The Kier molecular flexibility index (Phi) is 4.82. The molecule has 106 valence electrons. The first-order valence-electron chi connectivity index (χ1n) is 7.15. The maximum Gasteiger partial charge on any atom is 0.204 e. The van der Waals surface area contributed by atoms with Crippen molar-refractivity contribution in [3.63, 3.8) is 0 Å². The normalized spacial score (nSPS) is 17.2. The van der Waals surface area contributed by atoms with Gasteiger partial charge in [0.15, 0.2) is 11.6 Å². The summed E-state index contributed by atoms with van der Waals surface area (Å²) in [4.78, 5) is 8.53. The lowest BCUT2D eigenvalue weighted by Crippen LogP contribution is -2.25. The van der Waals surface area contributed by atoms with E-state index in [1.165, 1.54) is 25.7 Å². The van der Waals surface area contributed by atoms with E-state index < -0.39 is 0 Å². The van der Waals surface area contributed by atoms with E-state index in [-0.39, 0.29) is 0 Å². The molecule has 1 saturated carbocycles. The van der Waals surface area contributed by atoms with Crippen molar-refractivity contribution in [1.29, 1.82) is 0 Å². The van der Waals surface area contributed by atoms with E-state index in [4.69, 9.17) is 4.74 Å². The molecule has 1 aliphatic carbocycles. The molecule has 1 atom stereocenters. The zero-order valence-electron chi connectivity index (χ0n) is 12.1. The van der Waals surface area contributed by atoms with Gasteiger partial charge in [-0.3, -0.25) is 0 Å². The summed E-state index contributed by atoms with van der Waals surface area (Å²) in [5, 5.41) is 6.68. The molecule has 1 aliphatic rings. The van der Waals surface area contributed by atoms with Crippen molar-refractivity contribution in [3.05, 3.63) is 6.33 Å². The first kappa shape index (κ1) is 13.9. The Hall–Kier alpha value is -1.52. The van der Waals surface area contributed by atoms with Crippen LogP contribution in [0.1, 0.15) is 39.5 Å². The highest BCUT2D eigenvalue weighted by molar-refractivity contribution is 5.63. The summed E-state index contributed by atoms with van der Waals surface area (Å²) in [6, 6.07) is 0.417. The second-order valence-corrected chi connectivity index (χ2v) is 5.11. The summed E-state index contributed by atoms with van der Waals surface area (Å²) in [5.74, 6) is 2.98. The molecule has 0 aliphatic heterocycles. The van der Waals surface area contributed by atoms with Crippen LogP contribution in [0.2, 0.25) is 0 Å². The second-order valence-electron chi connectivity index (χ2n) is 5.11. The Morgan fingerprint density at radius 3 is 2.63 bits per heavy atom. The van der Waals surface area contributed by atoms with Crippen LogP contribution in [-0.4, -0.2) is 29.7 Å². The van der Waals surface area contributed by atoms with Gasteiger partial charge in [0, 0.05) is 12.6 Å². The van der Waals surface area contributed by atoms with Crippen molar-refractivity contribution < 1.29 is 4.74 Å². The average molecular weight is 264 g/mol. The van der Waals surface area contributed by atoms with Crippen molar-refractivity contribution in [2.24, 2.45) is 5.92 Å². The molecule has 19 heavy (non-hydrogen) atoms. The number of hydrogen-bond acceptors (Lipinski definition) is 5. The maximum absolute atomic E-state index is 5.44. The third kappa shape index (κ3) is 3.28. The van der Waals surface area contributed by atoms with Crippen molar-refractivity contribution in [3.8, 4) is 5.75 Å². The monoisotopic (exact) mass is 264 g/mol.